The first-order valence-electron chi connectivity index (χ1n) is 11.1. The van der Waals surface area contributed by atoms with Crippen LogP contribution in [0.25, 0.3) is 0 Å². The van der Waals surface area contributed by atoms with E-state index in [0.717, 1.165) is 24.1 Å². The van der Waals surface area contributed by atoms with E-state index < -0.39 is 5.97 Å². The van der Waals surface area contributed by atoms with Gasteiger partial charge in [-0.2, -0.15) is 0 Å². The Hall–Kier alpha value is -2.89. The molecule has 0 atom stereocenters. The van der Waals surface area contributed by atoms with Crippen LogP contribution in [0.3, 0.4) is 0 Å². The smallest absolute Gasteiger partial charge is 0.355 e. The van der Waals surface area contributed by atoms with Crippen LogP contribution in [0.4, 0.5) is 0 Å². The van der Waals surface area contributed by atoms with Crippen molar-refractivity contribution in [3.63, 3.8) is 0 Å². The quantitative estimate of drug-likeness (QED) is 0.425. The lowest BCUT2D eigenvalue weighted by atomic mass is 10.0. The van der Waals surface area contributed by atoms with Crippen LogP contribution in [0.5, 0.6) is 0 Å². The molecule has 1 aliphatic carbocycles. The second-order valence-electron chi connectivity index (χ2n) is 8.06. The Morgan fingerprint density at radius 2 is 1.77 bits per heavy atom. The minimum absolute atomic E-state index is 0.00977. The van der Waals surface area contributed by atoms with E-state index in [2.05, 4.69) is 0 Å². The van der Waals surface area contributed by atoms with Crippen molar-refractivity contribution in [2.75, 3.05) is 13.2 Å². The molecule has 1 fully saturated rings. The lowest BCUT2D eigenvalue weighted by Crippen LogP contribution is -2.38. The number of amides is 1. The second-order valence-corrected chi connectivity index (χ2v) is 8.06. The monoisotopic (exact) mass is 424 g/mol. The summed E-state index contributed by atoms with van der Waals surface area (Å²) in [6.45, 7) is 8.24. The van der Waals surface area contributed by atoms with E-state index in [-0.39, 0.29) is 30.9 Å². The molecule has 3 rings (SSSR count). The van der Waals surface area contributed by atoms with Gasteiger partial charge in [-0.1, -0.05) is 30.3 Å². The number of hydrogen-bond donors (Lipinski definition) is 0. The van der Waals surface area contributed by atoms with E-state index in [1.807, 2.05) is 48.7 Å². The summed E-state index contributed by atoms with van der Waals surface area (Å²) in [4.78, 5) is 40.5. The van der Waals surface area contributed by atoms with Crippen molar-refractivity contribution < 1.29 is 19.1 Å². The fraction of sp³-hybridized carbons (Fsp3) is 0.480. The van der Waals surface area contributed by atoms with Crippen LogP contribution >= 0.6 is 0 Å². The van der Waals surface area contributed by atoms with Gasteiger partial charge in [-0.05, 0) is 58.1 Å². The molecular weight excluding hydrogens is 392 g/mol. The predicted molar refractivity (Wildman–Crippen MR) is 119 cm³/mol. The summed E-state index contributed by atoms with van der Waals surface area (Å²) in [5, 5.41) is 0. The first-order chi connectivity index (χ1) is 14.9. The van der Waals surface area contributed by atoms with Gasteiger partial charge in [0, 0.05) is 30.3 Å². The van der Waals surface area contributed by atoms with E-state index in [1.165, 1.54) is 0 Å². The summed E-state index contributed by atoms with van der Waals surface area (Å²) in [6, 6.07) is 10.1. The van der Waals surface area contributed by atoms with Gasteiger partial charge in [0.05, 0.1) is 13.2 Å². The number of nitrogens with zero attached hydrogens (tertiary/aromatic N) is 2. The highest BCUT2D eigenvalue weighted by Gasteiger charge is 2.35. The van der Waals surface area contributed by atoms with Crippen molar-refractivity contribution in [1.29, 1.82) is 0 Å². The summed E-state index contributed by atoms with van der Waals surface area (Å²) >= 11 is 0. The highest BCUT2D eigenvalue weighted by atomic mass is 16.5. The fourth-order valence-electron chi connectivity index (χ4n) is 4.24. The summed E-state index contributed by atoms with van der Waals surface area (Å²) in [5.74, 6) is -0.523. The van der Waals surface area contributed by atoms with Gasteiger partial charge in [-0.25, -0.2) is 4.79 Å². The van der Waals surface area contributed by atoms with Gasteiger partial charge in [0.2, 0.25) is 5.91 Å². The third-order valence-corrected chi connectivity index (χ3v) is 5.92. The maximum Gasteiger partial charge on any atom is 0.355 e. The van der Waals surface area contributed by atoms with Gasteiger partial charge < -0.3 is 14.2 Å². The number of hydrogen-bond acceptors (Lipinski definition) is 4. The zero-order valence-electron chi connectivity index (χ0n) is 18.9. The molecule has 0 bridgehead atoms. The summed E-state index contributed by atoms with van der Waals surface area (Å²) < 4.78 is 7.04. The minimum atomic E-state index is -0.415. The number of ether oxygens (including phenoxy) is 1. The summed E-state index contributed by atoms with van der Waals surface area (Å²) in [7, 11) is 0. The number of Topliss-reactive ketones (excluding diaryl/α,β-unsaturated/α-hetero) is 1. The summed E-state index contributed by atoms with van der Waals surface area (Å²) in [6.07, 6.45) is 2.92. The molecule has 0 spiro atoms. The van der Waals surface area contributed by atoms with E-state index in [9.17, 15) is 14.4 Å². The van der Waals surface area contributed by atoms with Crippen molar-refractivity contribution in [2.45, 2.75) is 66.0 Å². The van der Waals surface area contributed by atoms with Crippen molar-refractivity contribution >= 4 is 17.7 Å². The first-order valence-corrected chi connectivity index (χ1v) is 11.1. The van der Waals surface area contributed by atoms with Crippen LogP contribution < -0.4 is 0 Å². The van der Waals surface area contributed by atoms with Crippen LogP contribution in [-0.2, 0) is 22.5 Å². The molecular formula is C25H32N2O4. The molecule has 0 aliphatic heterocycles. The number of carbonyl (C=O) groups excluding carboxylic acids is 3. The molecule has 0 N–H and O–H groups in total. The molecule has 0 unspecified atom stereocenters. The maximum atomic E-state index is 13.3. The van der Waals surface area contributed by atoms with Crippen LogP contribution in [0.1, 0.15) is 70.8 Å². The number of aromatic nitrogens is 1. The molecule has 6 heteroatoms. The Labute approximate surface area is 184 Å². The fourth-order valence-corrected chi connectivity index (χ4v) is 4.24. The maximum absolute atomic E-state index is 13.3. The molecule has 6 nitrogen and oxygen atoms in total. The normalized spacial score (nSPS) is 13.2. The van der Waals surface area contributed by atoms with E-state index in [1.54, 1.807) is 18.7 Å². The van der Waals surface area contributed by atoms with E-state index >= 15 is 0 Å². The van der Waals surface area contributed by atoms with Crippen molar-refractivity contribution in [3.8, 4) is 0 Å². The summed E-state index contributed by atoms with van der Waals surface area (Å²) in [5.41, 5.74) is 3.46. The molecule has 0 radical (unpaired) electrons. The number of benzene rings is 1. The van der Waals surface area contributed by atoms with E-state index in [4.69, 9.17) is 4.74 Å². The number of esters is 1. The van der Waals surface area contributed by atoms with Crippen LogP contribution in [0.2, 0.25) is 0 Å². The zero-order valence-corrected chi connectivity index (χ0v) is 18.9. The Kier molecular flexibility index (Phi) is 7.31. The van der Waals surface area contributed by atoms with E-state index in [0.29, 0.717) is 36.2 Å². The van der Waals surface area contributed by atoms with Gasteiger partial charge in [0.25, 0.3) is 0 Å². The lowest BCUT2D eigenvalue weighted by Gasteiger charge is -2.22. The number of aryl methyl sites for hydroxylation is 1. The Bertz CT molecular complexity index is 958. The third-order valence-electron chi connectivity index (χ3n) is 5.92. The molecule has 1 aromatic heterocycles. The predicted octanol–water partition coefficient (Wildman–Crippen LogP) is 4.11. The van der Waals surface area contributed by atoms with Crippen molar-refractivity contribution in [3.05, 3.63) is 58.4 Å². The molecule has 1 heterocycles. The standard InChI is InChI=1S/C25H32N2O4/c1-5-26-18(4)23(17(3)24(26)25(30)31-6-2)21(28)16-27(20-13-14-20)22(29)15-12-19-10-8-7-9-11-19/h7-11,20H,5-6,12-16H2,1-4H3. The van der Waals surface area contributed by atoms with Crippen LogP contribution in [-0.4, -0.2) is 46.3 Å². The number of carbonyl (C=O) groups is 3. The topological polar surface area (TPSA) is 68.6 Å². The molecule has 31 heavy (non-hydrogen) atoms. The molecule has 1 amide bonds. The highest BCUT2D eigenvalue weighted by molar-refractivity contribution is 6.04. The Balaban J connectivity index is 1.78. The van der Waals surface area contributed by atoms with Gasteiger partial charge in [0.15, 0.2) is 5.78 Å². The lowest BCUT2D eigenvalue weighted by molar-refractivity contribution is -0.131. The first kappa shape index (κ1) is 22.8. The van der Waals surface area contributed by atoms with Crippen molar-refractivity contribution in [2.24, 2.45) is 0 Å². The average Bonchev–Trinajstić information content (AvgIpc) is 3.56. The number of rotatable bonds is 10. The minimum Gasteiger partial charge on any atom is -0.461 e. The second kappa shape index (κ2) is 9.94. The molecule has 2 aromatic rings. The SMILES string of the molecule is CCOC(=O)c1c(C)c(C(=O)CN(C(=O)CCc2ccccc2)C2CC2)c(C)n1CC. The van der Waals surface area contributed by atoms with Gasteiger partial charge in [-0.3, -0.25) is 9.59 Å². The van der Waals surface area contributed by atoms with Gasteiger partial charge in [0.1, 0.15) is 5.69 Å². The zero-order chi connectivity index (χ0) is 22.5. The molecule has 1 aromatic carbocycles. The van der Waals surface area contributed by atoms with Crippen LogP contribution in [0, 0.1) is 13.8 Å². The van der Waals surface area contributed by atoms with Gasteiger partial charge >= 0.3 is 5.97 Å². The molecule has 0 saturated heterocycles. The number of ketones is 1. The van der Waals surface area contributed by atoms with Gasteiger partial charge in [-0.15, -0.1) is 0 Å². The third kappa shape index (κ3) is 5.06. The molecule has 166 valence electrons. The largest absolute Gasteiger partial charge is 0.461 e. The average molecular weight is 425 g/mol. The highest BCUT2D eigenvalue weighted by Crippen LogP contribution is 2.29. The van der Waals surface area contributed by atoms with Crippen LogP contribution in [0.15, 0.2) is 30.3 Å². The molecule has 1 saturated carbocycles. The van der Waals surface area contributed by atoms with Crippen molar-refractivity contribution in [1.82, 2.24) is 9.47 Å². The molecule has 1 aliphatic rings. The Morgan fingerprint density at radius 1 is 1.10 bits per heavy atom. The Morgan fingerprint density at radius 3 is 2.35 bits per heavy atom.